The molecule has 3 aliphatic heterocycles. The van der Waals surface area contributed by atoms with Gasteiger partial charge in [-0.2, -0.15) is 0 Å². The van der Waals surface area contributed by atoms with Gasteiger partial charge in [0.2, 0.25) is 6.79 Å². The Hall–Kier alpha value is -1.30. The Kier molecular flexibility index (Phi) is 2.41. The van der Waals surface area contributed by atoms with Gasteiger partial charge in [-0.1, -0.05) is 17.2 Å². The van der Waals surface area contributed by atoms with E-state index in [1.807, 2.05) is 6.08 Å². The van der Waals surface area contributed by atoms with Gasteiger partial charge in [0.05, 0.1) is 12.2 Å². The lowest BCUT2D eigenvalue weighted by molar-refractivity contribution is -0.0151. The van der Waals surface area contributed by atoms with Crippen LogP contribution in [0, 0.1) is 5.92 Å². The lowest BCUT2D eigenvalue weighted by Crippen LogP contribution is -2.53. The van der Waals surface area contributed by atoms with E-state index >= 15 is 0 Å². The van der Waals surface area contributed by atoms with Crippen molar-refractivity contribution in [2.75, 3.05) is 19.9 Å². The molecule has 112 valence electrons. The first-order valence-corrected chi connectivity index (χ1v) is 7.71. The first kappa shape index (κ1) is 12.3. The Morgan fingerprint density at radius 2 is 1.95 bits per heavy atom. The summed E-state index contributed by atoms with van der Waals surface area (Å²) in [5.41, 5.74) is 3.93. The number of aliphatic hydroxyl groups excluding tert-OH is 2. The number of nitrogens with zero attached hydrogens (tertiary/aromatic N) is 1. The van der Waals surface area contributed by atoms with Gasteiger partial charge >= 0.3 is 0 Å². The number of ether oxygens (including phenoxy) is 2. The van der Waals surface area contributed by atoms with Crippen LogP contribution in [0.4, 0.5) is 0 Å². The third-order valence-electron chi connectivity index (χ3n) is 5.66. The first-order chi connectivity index (χ1) is 10.2. The molecule has 4 atom stereocenters. The molecular formula is C16H19NO4. The van der Waals surface area contributed by atoms with E-state index in [1.165, 1.54) is 16.7 Å². The average Bonchev–Trinajstić information content (AvgIpc) is 3.08. The maximum Gasteiger partial charge on any atom is 0.230 e. The highest BCUT2D eigenvalue weighted by atomic mass is 16.7. The molecule has 1 fully saturated rings. The van der Waals surface area contributed by atoms with Gasteiger partial charge in [-0.15, -0.1) is 0 Å². The minimum Gasteiger partial charge on any atom is -0.458 e. The normalized spacial score (nSPS) is 41.1. The van der Waals surface area contributed by atoms with Crippen LogP contribution in [-0.4, -0.2) is 53.2 Å². The zero-order chi connectivity index (χ0) is 14.1. The van der Waals surface area contributed by atoms with Crippen molar-refractivity contribution in [3.63, 3.8) is 0 Å². The van der Waals surface area contributed by atoms with Crippen LogP contribution in [0.3, 0.4) is 0 Å². The molecule has 0 aromatic heterocycles. The standard InChI is InChI=1S/C16H19NO4/c18-11-3-8-1-2-17-6-9-4-12-13(21-7-20-12)5-10(9)14(15(8)17)16(11)19/h3,11,14-16,18-19H,1-2,4-7H2/t11-,14?,15?,16+/m0/s1. The van der Waals surface area contributed by atoms with Crippen LogP contribution in [0.1, 0.15) is 19.3 Å². The molecule has 2 unspecified atom stereocenters. The van der Waals surface area contributed by atoms with Gasteiger partial charge in [0.25, 0.3) is 0 Å². The summed E-state index contributed by atoms with van der Waals surface area (Å²) in [6.07, 6.45) is 2.95. The zero-order valence-electron chi connectivity index (χ0n) is 11.8. The van der Waals surface area contributed by atoms with Crippen molar-refractivity contribution in [1.82, 2.24) is 4.90 Å². The van der Waals surface area contributed by atoms with Crippen LogP contribution >= 0.6 is 0 Å². The predicted molar refractivity (Wildman–Crippen MR) is 73.9 cm³/mol. The third-order valence-corrected chi connectivity index (χ3v) is 5.66. The fraction of sp³-hybridized carbons (Fsp3) is 0.625. The van der Waals surface area contributed by atoms with E-state index in [1.54, 1.807) is 0 Å². The lowest BCUT2D eigenvalue weighted by atomic mass is 9.70. The molecule has 0 aromatic carbocycles. The highest BCUT2D eigenvalue weighted by Crippen LogP contribution is 2.49. The Balaban J connectivity index is 1.59. The molecule has 3 heterocycles. The Morgan fingerprint density at radius 3 is 2.81 bits per heavy atom. The van der Waals surface area contributed by atoms with Gasteiger partial charge in [-0.25, -0.2) is 0 Å². The van der Waals surface area contributed by atoms with E-state index in [-0.39, 0.29) is 12.0 Å². The van der Waals surface area contributed by atoms with Gasteiger partial charge in [0, 0.05) is 37.9 Å². The molecule has 5 nitrogen and oxygen atoms in total. The SMILES string of the molecule is O[C@H]1C=C2CCN3CC4=C(CC5=C(C4)OCO5)C(C23)[C@@H]1O. The Morgan fingerprint density at radius 1 is 1.14 bits per heavy atom. The molecule has 2 aliphatic carbocycles. The second kappa shape index (κ2) is 4.12. The van der Waals surface area contributed by atoms with Gasteiger partial charge in [0.15, 0.2) is 0 Å². The predicted octanol–water partition coefficient (Wildman–Crippen LogP) is 0.659. The Labute approximate surface area is 123 Å². The van der Waals surface area contributed by atoms with Crippen LogP contribution in [0.25, 0.3) is 0 Å². The van der Waals surface area contributed by atoms with Crippen molar-refractivity contribution >= 4 is 0 Å². The van der Waals surface area contributed by atoms with Crippen molar-refractivity contribution < 1.29 is 19.7 Å². The second-order valence-electron chi connectivity index (χ2n) is 6.65. The number of hydrogen-bond donors (Lipinski definition) is 2. The highest BCUT2D eigenvalue weighted by Gasteiger charge is 2.50. The number of allylic oxidation sites excluding steroid dienone is 2. The lowest BCUT2D eigenvalue weighted by Gasteiger charge is -2.46. The summed E-state index contributed by atoms with van der Waals surface area (Å²) in [5.74, 6) is 1.90. The minimum atomic E-state index is -0.746. The molecule has 0 aromatic rings. The largest absolute Gasteiger partial charge is 0.458 e. The average molecular weight is 289 g/mol. The summed E-state index contributed by atoms with van der Waals surface area (Å²) in [6, 6.07) is 0.270. The minimum absolute atomic E-state index is 0.00417. The van der Waals surface area contributed by atoms with Crippen molar-refractivity contribution in [3.8, 4) is 0 Å². The monoisotopic (exact) mass is 289 g/mol. The molecule has 0 radical (unpaired) electrons. The van der Waals surface area contributed by atoms with Gasteiger partial charge in [0.1, 0.15) is 11.5 Å². The molecule has 0 amide bonds. The van der Waals surface area contributed by atoms with Gasteiger partial charge in [-0.3, -0.25) is 4.90 Å². The molecule has 0 bridgehead atoms. The number of aliphatic hydroxyl groups is 2. The summed E-state index contributed by atoms with van der Waals surface area (Å²) < 4.78 is 11.1. The molecule has 5 heteroatoms. The quantitative estimate of drug-likeness (QED) is 0.642. The second-order valence-corrected chi connectivity index (χ2v) is 6.65. The maximum atomic E-state index is 10.6. The number of fused-ring (bicyclic) bond motifs is 1. The van der Waals surface area contributed by atoms with Crippen LogP contribution in [0.5, 0.6) is 0 Å². The van der Waals surface area contributed by atoms with Crippen LogP contribution < -0.4 is 0 Å². The summed E-state index contributed by atoms with van der Waals surface area (Å²) in [7, 11) is 0. The molecule has 0 spiro atoms. The fourth-order valence-electron chi connectivity index (χ4n) is 4.72. The summed E-state index contributed by atoms with van der Waals surface area (Å²) >= 11 is 0. The molecule has 0 saturated carbocycles. The highest BCUT2D eigenvalue weighted by molar-refractivity contribution is 5.42. The molecule has 5 rings (SSSR count). The third kappa shape index (κ3) is 1.57. The molecule has 5 aliphatic rings. The van der Waals surface area contributed by atoms with Gasteiger partial charge < -0.3 is 19.7 Å². The van der Waals surface area contributed by atoms with Crippen molar-refractivity contribution in [2.24, 2.45) is 5.92 Å². The smallest absolute Gasteiger partial charge is 0.230 e. The van der Waals surface area contributed by atoms with Crippen LogP contribution in [0.15, 0.2) is 34.3 Å². The summed E-state index contributed by atoms with van der Waals surface area (Å²) in [4.78, 5) is 2.45. The van der Waals surface area contributed by atoms with Crippen LogP contribution in [-0.2, 0) is 9.47 Å². The fourth-order valence-corrected chi connectivity index (χ4v) is 4.72. The topological polar surface area (TPSA) is 62.2 Å². The van der Waals surface area contributed by atoms with E-state index in [0.717, 1.165) is 43.9 Å². The van der Waals surface area contributed by atoms with E-state index in [9.17, 15) is 10.2 Å². The number of hydrogen-bond acceptors (Lipinski definition) is 5. The van der Waals surface area contributed by atoms with Gasteiger partial charge in [-0.05, 0) is 12.0 Å². The molecular weight excluding hydrogens is 270 g/mol. The zero-order valence-corrected chi connectivity index (χ0v) is 11.8. The van der Waals surface area contributed by atoms with Crippen molar-refractivity contribution in [2.45, 2.75) is 37.5 Å². The van der Waals surface area contributed by atoms with E-state index in [0.29, 0.717) is 6.79 Å². The number of rotatable bonds is 0. The molecule has 1 saturated heterocycles. The summed E-state index contributed by atoms with van der Waals surface area (Å²) in [5, 5.41) is 20.8. The molecule has 2 N–H and O–H groups in total. The van der Waals surface area contributed by atoms with E-state index < -0.39 is 12.2 Å². The van der Waals surface area contributed by atoms with Crippen molar-refractivity contribution in [3.05, 3.63) is 34.3 Å². The van der Waals surface area contributed by atoms with Crippen LogP contribution in [0.2, 0.25) is 0 Å². The van der Waals surface area contributed by atoms with E-state index in [4.69, 9.17) is 9.47 Å². The molecule has 21 heavy (non-hydrogen) atoms. The first-order valence-electron chi connectivity index (χ1n) is 7.71. The summed E-state index contributed by atoms with van der Waals surface area (Å²) in [6.45, 7) is 2.29. The van der Waals surface area contributed by atoms with Crippen molar-refractivity contribution in [1.29, 1.82) is 0 Å². The Bertz CT molecular complexity index is 605. The van der Waals surface area contributed by atoms with E-state index in [2.05, 4.69) is 4.90 Å². The maximum absolute atomic E-state index is 10.6.